The predicted octanol–water partition coefficient (Wildman–Crippen LogP) is 3.23. The number of carbonyl (C=O) groups excluding carboxylic acids is 2. The highest BCUT2D eigenvalue weighted by Gasteiger charge is 2.14. The monoisotopic (exact) mass is 288 g/mol. The fourth-order valence-corrected chi connectivity index (χ4v) is 1.88. The van der Waals surface area contributed by atoms with Crippen molar-refractivity contribution >= 4 is 34.8 Å². The molecule has 0 aliphatic heterocycles. The first-order chi connectivity index (χ1) is 9.56. The summed E-state index contributed by atoms with van der Waals surface area (Å²) in [6.07, 6.45) is 0. The minimum atomic E-state index is -0.723. The molecule has 0 aliphatic rings. The van der Waals surface area contributed by atoms with E-state index in [4.69, 9.17) is 11.6 Å². The Morgan fingerprint density at radius 1 is 0.950 bits per heavy atom. The van der Waals surface area contributed by atoms with Gasteiger partial charge in [-0.25, -0.2) is 0 Å². The van der Waals surface area contributed by atoms with E-state index in [1.54, 1.807) is 49.4 Å². The fourth-order valence-electron chi connectivity index (χ4n) is 1.66. The van der Waals surface area contributed by atoms with E-state index in [1.165, 1.54) is 0 Å². The molecule has 0 fully saturated rings. The molecule has 0 aromatic heterocycles. The third-order valence-corrected chi connectivity index (χ3v) is 2.91. The van der Waals surface area contributed by atoms with Crippen molar-refractivity contribution in [2.24, 2.45) is 0 Å². The number of rotatable bonds is 2. The van der Waals surface area contributed by atoms with E-state index in [0.717, 1.165) is 5.56 Å². The quantitative estimate of drug-likeness (QED) is 0.834. The van der Waals surface area contributed by atoms with Crippen LogP contribution in [0.5, 0.6) is 0 Å². The Kier molecular flexibility index (Phi) is 4.38. The minimum absolute atomic E-state index is 0.558. The number of benzene rings is 2. The summed E-state index contributed by atoms with van der Waals surface area (Å²) < 4.78 is 0. The fraction of sp³-hybridized carbons (Fsp3) is 0.0667. The average molecular weight is 289 g/mol. The smallest absolute Gasteiger partial charge is 0.314 e. The van der Waals surface area contributed by atoms with Crippen LogP contribution in [0.25, 0.3) is 0 Å². The molecule has 2 aromatic rings. The van der Waals surface area contributed by atoms with Crippen LogP contribution in [0.1, 0.15) is 5.56 Å². The highest BCUT2D eigenvalue weighted by atomic mass is 35.5. The summed E-state index contributed by atoms with van der Waals surface area (Å²) in [5, 5.41) is 5.64. The van der Waals surface area contributed by atoms with Gasteiger partial charge >= 0.3 is 11.8 Å². The molecule has 0 atom stereocenters. The molecule has 0 unspecified atom stereocenters. The lowest BCUT2D eigenvalue weighted by Gasteiger charge is -2.09. The third kappa shape index (κ3) is 3.59. The Morgan fingerprint density at radius 2 is 1.60 bits per heavy atom. The highest BCUT2D eigenvalue weighted by molar-refractivity contribution is 6.43. The molecule has 2 aromatic carbocycles. The van der Waals surface area contributed by atoms with E-state index < -0.39 is 11.8 Å². The van der Waals surface area contributed by atoms with Gasteiger partial charge in [0, 0.05) is 16.4 Å². The Morgan fingerprint density at radius 3 is 2.25 bits per heavy atom. The van der Waals surface area contributed by atoms with Crippen molar-refractivity contribution in [1.29, 1.82) is 0 Å². The van der Waals surface area contributed by atoms with Crippen molar-refractivity contribution in [2.75, 3.05) is 10.6 Å². The van der Waals surface area contributed by atoms with E-state index in [1.807, 2.05) is 6.07 Å². The molecule has 0 aliphatic carbocycles. The molecule has 20 heavy (non-hydrogen) atoms. The molecule has 2 rings (SSSR count). The van der Waals surface area contributed by atoms with E-state index >= 15 is 0 Å². The molecular formula is C15H13ClN2O2. The molecule has 0 radical (unpaired) electrons. The molecule has 4 nitrogen and oxygen atoms in total. The number of halogens is 1. The highest BCUT2D eigenvalue weighted by Crippen LogP contribution is 2.19. The van der Waals surface area contributed by atoms with Crippen LogP contribution in [-0.2, 0) is 9.59 Å². The normalized spacial score (nSPS) is 9.90. The maximum absolute atomic E-state index is 11.8. The van der Waals surface area contributed by atoms with E-state index in [-0.39, 0.29) is 0 Å². The SMILES string of the molecule is Cc1cc(Cl)ccc1NC(=O)C(=O)Nc1ccccc1. The molecule has 0 saturated heterocycles. The zero-order valence-corrected chi connectivity index (χ0v) is 11.6. The van der Waals surface area contributed by atoms with Gasteiger partial charge in [0.25, 0.3) is 0 Å². The number of aryl methyl sites for hydroxylation is 1. The molecule has 2 N–H and O–H groups in total. The number of nitrogens with one attached hydrogen (secondary N) is 2. The van der Waals surface area contributed by atoms with Gasteiger partial charge in [0.1, 0.15) is 0 Å². The van der Waals surface area contributed by atoms with Crippen LogP contribution in [0.2, 0.25) is 5.02 Å². The zero-order valence-electron chi connectivity index (χ0n) is 10.8. The van der Waals surface area contributed by atoms with Crippen LogP contribution in [0.15, 0.2) is 48.5 Å². The Bertz CT molecular complexity index is 642. The van der Waals surface area contributed by atoms with E-state index in [0.29, 0.717) is 16.4 Å². The van der Waals surface area contributed by atoms with Gasteiger partial charge in [-0.2, -0.15) is 0 Å². The van der Waals surface area contributed by atoms with Gasteiger partial charge in [0.15, 0.2) is 0 Å². The van der Waals surface area contributed by atoms with Gasteiger partial charge in [-0.1, -0.05) is 29.8 Å². The first-order valence-corrected chi connectivity index (χ1v) is 6.37. The molecule has 102 valence electrons. The third-order valence-electron chi connectivity index (χ3n) is 2.67. The molecule has 5 heteroatoms. The Labute approximate surface area is 121 Å². The van der Waals surface area contributed by atoms with Crippen molar-refractivity contribution in [3.8, 4) is 0 Å². The molecular weight excluding hydrogens is 276 g/mol. The molecule has 0 bridgehead atoms. The van der Waals surface area contributed by atoms with Crippen LogP contribution >= 0.6 is 11.6 Å². The van der Waals surface area contributed by atoms with Gasteiger partial charge in [-0.3, -0.25) is 9.59 Å². The van der Waals surface area contributed by atoms with Gasteiger partial charge in [-0.05, 0) is 42.8 Å². The minimum Gasteiger partial charge on any atom is -0.318 e. The van der Waals surface area contributed by atoms with Gasteiger partial charge in [0.2, 0.25) is 0 Å². The second-order valence-corrected chi connectivity index (χ2v) is 4.67. The summed E-state index contributed by atoms with van der Waals surface area (Å²) in [5.41, 5.74) is 1.92. The number of anilines is 2. The lowest BCUT2D eigenvalue weighted by Crippen LogP contribution is -2.29. The summed E-state index contributed by atoms with van der Waals surface area (Å²) in [7, 11) is 0. The van der Waals surface area contributed by atoms with Crippen LogP contribution < -0.4 is 10.6 Å². The molecule has 2 amide bonds. The Hall–Kier alpha value is -2.33. The number of amides is 2. The van der Waals surface area contributed by atoms with Crippen molar-refractivity contribution in [3.05, 3.63) is 59.1 Å². The van der Waals surface area contributed by atoms with E-state index in [2.05, 4.69) is 10.6 Å². The van der Waals surface area contributed by atoms with Crippen molar-refractivity contribution < 1.29 is 9.59 Å². The number of carbonyl (C=O) groups is 2. The predicted molar refractivity (Wildman–Crippen MR) is 79.9 cm³/mol. The lowest BCUT2D eigenvalue weighted by atomic mass is 10.2. The van der Waals surface area contributed by atoms with Crippen molar-refractivity contribution in [2.45, 2.75) is 6.92 Å². The maximum atomic E-state index is 11.8. The largest absolute Gasteiger partial charge is 0.318 e. The summed E-state index contributed by atoms with van der Waals surface area (Å²) in [6.45, 7) is 1.80. The van der Waals surface area contributed by atoms with Gasteiger partial charge < -0.3 is 10.6 Å². The zero-order chi connectivity index (χ0) is 14.5. The maximum Gasteiger partial charge on any atom is 0.314 e. The van der Waals surface area contributed by atoms with Crippen LogP contribution in [0, 0.1) is 6.92 Å². The van der Waals surface area contributed by atoms with Gasteiger partial charge in [-0.15, -0.1) is 0 Å². The number of hydrogen-bond donors (Lipinski definition) is 2. The van der Waals surface area contributed by atoms with Crippen LogP contribution in [0.3, 0.4) is 0 Å². The van der Waals surface area contributed by atoms with Crippen molar-refractivity contribution in [1.82, 2.24) is 0 Å². The second kappa shape index (κ2) is 6.21. The summed E-state index contributed by atoms with van der Waals surface area (Å²) in [6, 6.07) is 13.8. The lowest BCUT2D eigenvalue weighted by molar-refractivity contribution is -0.133. The topological polar surface area (TPSA) is 58.2 Å². The number of para-hydroxylation sites is 1. The molecule has 0 heterocycles. The summed E-state index contributed by atoms with van der Waals surface area (Å²) >= 11 is 5.83. The summed E-state index contributed by atoms with van der Waals surface area (Å²) in [5.74, 6) is -1.44. The van der Waals surface area contributed by atoms with Crippen LogP contribution in [-0.4, -0.2) is 11.8 Å². The van der Waals surface area contributed by atoms with E-state index in [9.17, 15) is 9.59 Å². The molecule has 0 saturated carbocycles. The first kappa shape index (κ1) is 14.1. The summed E-state index contributed by atoms with van der Waals surface area (Å²) in [4.78, 5) is 23.5. The van der Waals surface area contributed by atoms with Crippen LogP contribution in [0.4, 0.5) is 11.4 Å². The van der Waals surface area contributed by atoms with Crippen molar-refractivity contribution in [3.63, 3.8) is 0 Å². The standard InChI is InChI=1S/C15H13ClN2O2/c1-10-9-11(16)7-8-13(10)18-15(20)14(19)17-12-5-3-2-4-6-12/h2-9H,1H3,(H,17,19)(H,18,20). The number of hydrogen-bond acceptors (Lipinski definition) is 2. The Balaban J connectivity index is 2.03. The first-order valence-electron chi connectivity index (χ1n) is 6.00. The second-order valence-electron chi connectivity index (χ2n) is 4.23. The molecule has 0 spiro atoms. The van der Waals surface area contributed by atoms with Gasteiger partial charge in [0.05, 0.1) is 0 Å². The average Bonchev–Trinajstić information content (AvgIpc) is 2.43.